The van der Waals surface area contributed by atoms with E-state index in [0.717, 1.165) is 0 Å². The monoisotopic (exact) mass is 282 g/mol. The lowest BCUT2D eigenvalue weighted by Gasteiger charge is -2.07. The summed E-state index contributed by atoms with van der Waals surface area (Å²) in [4.78, 5) is 10.9. The van der Waals surface area contributed by atoms with Crippen LogP contribution in [0.5, 0.6) is 0 Å². The Hall–Kier alpha value is -2.07. The second kappa shape index (κ2) is 6.75. The maximum Gasteiger partial charge on any atom is 0.305 e. The van der Waals surface area contributed by atoms with E-state index in [1.54, 1.807) is 0 Å². The van der Waals surface area contributed by atoms with Crippen molar-refractivity contribution < 1.29 is 17.9 Å². The lowest BCUT2D eigenvalue weighted by atomic mass is 10.2. The minimum atomic E-state index is -3.50. The molecule has 0 unspecified atom stereocenters. The van der Waals surface area contributed by atoms with Crippen molar-refractivity contribution in [2.24, 2.45) is 0 Å². The molecule has 7 heteroatoms. The molecule has 102 valence electrons. The number of anilines is 1. The molecule has 19 heavy (non-hydrogen) atoms. The first-order valence-electron chi connectivity index (χ1n) is 5.54. The molecule has 0 aliphatic heterocycles. The van der Waals surface area contributed by atoms with Crippen LogP contribution >= 0.6 is 0 Å². The van der Waals surface area contributed by atoms with Crippen molar-refractivity contribution in [2.45, 2.75) is 12.8 Å². The summed E-state index contributed by atoms with van der Waals surface area (Å²) in [6, 6.07) is 8.00. The molecular weight excluding hydrogens is 268 g/mol. The molecule has 0 saturated heterocycles. The van der Waals surface area contributed by atoms with Gasteiger partial charge in [0.1, 0.15) is 0 Å². The fourth-order valence-electron chi connectivity index (χ4n) is 1.35. The van der Waals surface area contributed by atoms with Gasteiger partial charge in [0.25, 0.3) is 0 Å². The first-order valence-corrected chi connectivity index (χ1v) is 7.19. The Labute approximate surface area is 112 Å². The van der Waals surface area contributed by atoms with Crippen molar-refractivity contribution >= 4 is 21.7 Å². The van der Waals surface area contributed by atoms with Crippen LogP contribution in [0.2, 0.25) is 0 Å². The van der Waals surface area contributed by atoms with E-state index in [4.69, 9.17) is 5.26 Å². The molecule has 0 atom stereocenters. The first-order chi connectivity index (χ1) is 8.96. The predicted molar refractivity (Wildman–Crippen MR) is 69.8 cm³/mol. The zero-order chi connectivity index (χ0) is 14.3. The van der Waals surface area contributed by atoms with Gasteiger partial charge < -0.3 is 4.74 Å². The van der Waals surface area contributed by atoms with Crippen LogP contribution in [0.25, 0.3) is 0 Å². The highest BCUT2D eigenvalue weighted by Gasteiger charge is 2.11. The molecule has 0 fully saturated rings. The van der Waals surface area contributed by atoms with E-state index in [1.807, 2.05) is 6.07 Å². The Balaban J connectivity index is 2.54. The van der Waals surface area contributed by atoms with Crippen LogP contribution in [0, 0.1) is 11.3 Å². The fourth-order valence-corrected chi connectivity index (χ4v) is 2.47. The minimum absolute atomic E-state index is 0.0603. The van der Waals surface area contributed by atoms with E-state index in [2.05, 4.69) is 9.46 Å². The number of methoxy groups -OCH3 is 1. The van der Waals surface area contributed by atoms with Crippen molar-refractivity contribution in [1.82, 2.24) is 0 Å². The number of ether oxygens (including phenoxy) is 1. The van der Waals surface area contributed by atoms with Gasteiger partial charge in [0, 0.05) is 12.1 Å². The predicted octanol–water partition coefficient (Wildman–Crippen LogP) is 1.25. The second-order valence-electron chi connectivity index (χ2n) is 3.79. The SMILES string of the molecule is COC(=O)CCCS(=O)(=O)Nc1ccc(C#N)cc1. The number of hydrogen-bond donors (Lipinski definition) is 1. The number of carbonyl (C=O) groups is 1. The van der Waals surface area contributed by atoms with Gasteiger partial charge in [0.05, 0.1) is 24.5 Å². The molecule has 6 nitrogen and oxygen atoms in total. The van der Waals surface area contributed by atoms with E-state index in [9.17, 15) is 13.2 Å². The van der Waals surface area contributed by atoms with Gasteiger partial charge in [-0.2, -0.15) is 5.26 Å². The van der Waals surface area contributed by atoms with Crippen LogP contribution in [-0.4, -0.2) is 27.2 Å². The molecule has 0 radical (unpaired) electrons. The number of nitrogens with one attached hydrogen (secondary N) is 1. The Kier molecular flexibility index (Phi) is 5.33. The lowest BCUT2D eigenvalue weighted by molar-refractivity contribution is -0.140. The number of rotatable bonds is 6. The van der Waals surface area contributed by atoms with Crippen molar-refractivity contribution in [3.8, 4) is 6.07 Å². The summed E-state index contributed by atoms with van der Waals surface area (Å²) in [5.74, 6) is -0.601. The Morgan fingerprint density at radius 3 is 2.53 bits per heavy atom. The molecule has 1 N–H and O–H groups in total. The number of nitriles is 1. The van der Waals surface area contributed by atoms with Crippen molar-refractivity contribution in [3.63, 3.8) is 0 Å². The van der Waals surface area contributed by atoms with Crippen molar-refractivity contribution in [2.75, 3.05) is 17.6 Å². The van der Waals surface area contributed by atoms with E-state index in [1.165, 1.54) is 31.4 Å². The third-order valence-electron chi connectivity index (χ3n) is 2.31. The van der Waals surface area contributed by atoms with E-state index in [0.29, 0.717) is 11.3 Å². The number of nitrogens with zero attached hydrogens (tertiary/aromatic N) is 1. The maximum atomic E-state index is 11.7. The maximum absolute atomic E-state index is 11.7. The third kappa shape index (κ3) is 5.40. The van der Waals surface area contributed by atoms with Crippen LogP contribution in [0.4, 0.5) is 5.69 Å². The molecule has 1 aromatic carbocycles. The minimum Gasteiger partial charge on any atom is -0.469 e. The molecule has 0 aromatic heterocycles. The summed E-state index contributed by atoms with van der Waals surface area (Å²) >= 11 is 0. The molecular formula is C12H14N2O4S. The molecule has 1 rings (SSSR count). The highest BCUT2D eigenvalue weighted by Crippen LogP contribution is 2.11. The van der Waals surface area contributed by atoms with E-state index >= 15 is 0 Å². The van der Waals surface area contributed by atoms with Crippen LogP contribution in [-0.2, 0) is 19.6 Å². The van der Waals surface area contributed by atoms with Gasteiger partial charge in [-0.15, -0.1) is 0 Å². The molecule has 0 spiro atoms. The van der Waals surface area contributed by atoms with Crippen molar-refractivity contribution in [1.29, 1.82) is 5.26 Å². The molecule has 0 aliphatic rings. The second-order valence-corrected chi connectivity index (χ2v) is 5.63. The standard InChI is InChI=1S/C12H14N2O4S/c1-18-12(15)3-2-8-19(16,17)14-11-6-4-10(9-13)5-7-11/h4-7,14H,2-3,8H2,1H3. The van der Waals surface area contributed by atoms with Gasteiger partial charge >= 0.3 is 5.97 Å². The number of sulfonamides is 1. The average molecular weight is 282 g/mol. The van der Waals surface area contributed by atoms with Gasteiger partial charge in [-0.25, -0.2) is 8.42 Å². The normalized spacial score (nSPS) is 10.5. The Bertz CT molecular complexity index is 573. The van der Waals surface area contributed by atoms with E-state index < -0.39 is 16.0 Å². The fraction of sp³-hybridized carbons (Fsp3) is 0.333. The number of esters is 1. The first kappa shape index (κ1) is 15.0. The summed E-state index contributed by atoms with van der Waals surface area (Å²) in [6.07, 6.45) is 0.253. The largest absolute Gasteiger partial charge is 0.469 e. The molecule has 0 saturated carbocycles. The van der Waals surface area contributed by atoms with Crippen LogP contribution in [0.15, 0.2) is 24.3 Å². The Morgan fingerprint density at radius 1 is 1.37 bits per heavy atom. The highest BCUT2D eigenvalue weighted by atomic mass is 32.2. The summed E-state index contributed by atoms with van der Waals surface area (Å²) in [7, 11) is -2.24. The molecule has 0 aliphatic carbocycles. The number of carbonyl (C=O) groups excluding carboxylic acids is 1. The molecule has 0 bridgehead atoms. The summed E-state index contributed by atoms with van der Waals surface area (Å²) in [5, 5.41) is 8.62. The van der Waals surface area contributed by atoms with Gasteiger partial charge in [-0.05, 0) is 30.7 Å². The van der Waals surface area contributed by atoms with Crippen LogP contribution < -0.4 is 4.72 Å². The van der Waals surface area contributed by atoms with Gasteiger partial charge in [0.15, 0.2) is 0 Å². The molecule has 0 amide bonds. The van der Waals surface area contributed by atoms with Crippen LogP contribution in [0.1, 0.15) is 18.4 Å². The summed E-state index contributed by atoms with van der Waals surface area (Å²) < 4.78 is 30.2. The van der Waals surface area contributed by atoms with Gasteiger partial charge in [-0.1, -0.05) is 0 Å². The number of benzene rings is 1. The molecule has 0 heterocycles. The lowest BCUT2D eigenvalue weighted by Crippen LogP contribution is -2.17. The van der Waals surface area contributed by atoms with E-state index in [-0.39, 0.29) is 18.6 Å². The highest BCUT2D eigenvalue weighted by molar-refractivity contribution is 7.92. The topological polar surface area (TPSA) is 96.3 Å². The van der Waals surface area contributed by atoms with Gasteiger partial charge in [-0.3, -0.25) is 9.52 Å². The van der Waals surface area contributed by atoms with Crippen molar-refractivity contribution in [3.05, 3.63) is 29.8 Å². The number of hydrogen-bond acceptors (Lipinski definition) is 5. The quantitative estimate of drug-likeness (QED) is 0.792. The zero-order valence-electron chi connectivity index (χ0n) is 10.4. The summed E-state index contributed by atoms with van der Waals surface area (Å²) in [6.45, 7) is 0. The average Bonchev–Trinajstić information content (AvgIpc) is 2.38. The smallest absolute Gasteiger partial charge is 0.305 e. The van der Waals surface area contributed by atoms with Crippen LogP contribution in [0.3, 0.4) is 0 Å². The Morgan fingerprint density at radius 2 is 2.00 bits per heavy atom. The molecule has 1 aromatic rings. The third-order valence-corrected chi connectivity index (χ3v) is 3.68. The zero-order valence-corrected chi connectivity index (χ0v) is 11.2. The van der Waals surface area contributed by atoms with Gasteiger partial charge in [0.2, 0.25) is 10.0 Å². The summed E-state index contributed by atoms with van der Waals surface area (Å²) in [5.41, 5.74) is 0.839.